The monoisotopic (exact) mass is 289 g/mol. The van der Waals surface area contributed by atoms with Crippen molar-refractivity contribution in [3.8, 4) is 0 Å². The van der Waals surface area contributed by atoms with Gasteiger partial charge in [0.15, 0.2) is 0 Å². The Morgan fingerprint density at radius 1 is 1.09 bits per heavy atom. The third-order valence-electron chi connectivity index (χ3n) is 3.16. The van der Waals surface area contributed by atoms with Crippen LogP contribution in [-0.4, -0.2) is 15.9 Å². The summed E-state index contributed by atoms with van der Waals surface area (Å²) >= 11 is 0. The van der Waals surface area contributed by atoms with Crippen LogP contribution < -0.4 is 5.32 Å². The van der Waals surface area contributed by atoms with Crippen LogP contribution in [0.15, 0.2) is 60.8 Å². The first kappa shape index (κ1) is 13.9. The van der Waals surface area contributed by atoms with E-state index in [4.69, 9.17) is 0 Å². The summed E-state index contributed by atoms with van der Waals surface area (Å²) < 4.78 is 0. The maximum absolute atomic E-state index is 11.9. The van der Waals surface area contributed by atoms with E-state index in [1.54, 1.807) is 12.3 Å². The molecule has 1 N–H and O–H groups in total. The van der Waals surface area contributed by atoms with Gasteiger partial charge in [-0.05, 0) is 42.8 Å². The molecule has 0 saturated heterocycles. The summed E-state index contributed by atoms with van der Waals surface area (Å²) in [6.45, 7) is 1.98. The molecule has 0 bridgehead atoms. The molecule has 108 valence electrons. The number of carbonyl (C=O) groups is 1. The van der Waals surface area contributed by atoms with Gasteiger partial charge >= 0.3 is 0 Å². The van der Waals surface area contributed by atoms with Crippen molar-refractivity contribution in [1.82, 2.24) is 9.97 Å². The third-order valence-corrected chi connectivity index (χ3v) is 3.16. The highest BCUT2D eigenvalue weighted by molar-refractivity contribution is 6.01. The Balaban J connectivity index is 1.73. The number of para-hydroxylation sites is 2. The zero-order chi connectivity index (χ0) is 15.4. The maximum Gasteiger partial charge on any atom is 0.248 e. The highest BCUT2D eigenvalue weighted by atomic mass is 16.1. The highest BCUT2D eigenvalue weighted by Crippen LogP contribution is 2.11. The lowest BCUT2D eigenvalue weighted by Crippen LogP contribution is -2.07. The second kappa shape index (κ2) is 6.18. The summed E-state index contributed by atoms with van der Waals surface area (Å²) in [5, 5.41) is 2.82. The molecule has 1 heterocycles. The van der Waals surface area contributed by atoms with E-state index < -0.39 is 0 Å². The molecule has 0 saturated carbocycles. The molecule has 0 aliphatic heterocycles. The average Bonchev–Trinajstić information content (AvgIpc) is 2.53. The first-order chi connectivity index (χ1) is 10.7. The smallest absolute Gasteiger partial charge is 0.248 e. The molecule has 1 amide bonds. The predicted molar refractivity (Wildman–Crippen MR) is 88.4 cm³/mol. The maximum atomic E-state index is 11.9. The van der Waals surface area contributed by atoms with Gasteiger partial charge in [0.05, 0.1) is 22.9 Å². The van der Waals surface area contributed by atoms with Gasteiger partial charge in [-0.25, -0.2) is 4.98 Å². The van der Waals surface area contributed by atoms with Crippen LogP contribution in [0.25, 0.3) is 17.1 Å². The van der Waals surface area contributed by atoms with Gasteiger partial charge in [0.1, 0.15) is 0 Å². The van der Waals surface area contributed by atoms with E-state index in [1.807, 2.05) is 55.5 Å². The Kier molecular flexibility index (Phi) is 3.92. The van der Waals surface area contributed by atoms with Gasteiger partial charge in [-0.15, -0.1) is 0 Å². The molecule has 0 aliphatic rings. The molecule has 4 nitrogen and oxygen atoms in total. The van der Waals surface area contributed by atoms with Crippen LogP contribution in [0.5, 0.6) is 0 Å². The van der Waals surface area contributed by atoms with Crippen molar-refractivity contribution >= 4 is 28.7 Å². The molecule has 0 atom stereocenters. The minimum absolute atomic E-state index is 0.194. The molecule has 3 rings (SSSR count). The number of benzene rings is 2. The Bertz CT molecular complexity index is 856. The van der Waals surface area contributed by atoms with Gasteiger partial charge in [0.25, 0.3) is 0 Å². The number of nitrogens with zero attached hydrogens (tertiary/aromatic N) is 2. The number of rotatable bonds is 3. The van der Waals surface area contributed by atoms with E-state index in [0.717, 1.165) is 22.3 Å². The molecule has 4 heteroatoms. The molecule has 22 heavy (non-hydrogen) atoms. The number of fused-ring (bicyclic) bond motifs is 1. The quantitative estimate of drug-likeness (QED) is 0.750. The first-order valence-corrected chi connectivity index (χ1v) is 6.98. The van der Waals surface area contributed by atoms with E-state index in [9.17, 15) is 4.79 Å². The van der Waals surface area contributed by atoms with Crippen molar-refractivity contribution < 1.29 is 4.79 Å². The predicted octanol–water partition coefficient (Wildman–Crippen LogP) is 3.59. The van der Waals surface area contributed by atoms with Gasteiger partial charge in [0.2, 0.25) is 5.91 Å². The van der Waals surface area contributed by atoms with Crippen molar-refractivity contribution in [2.24, 2.45) is 0 Å². The van der Waals surface area contributed by atoms with Crippen molar-refractivity contribution in [3.63, 3.8) is 0 Å². The standard InChI is InChI=1S/C18H15N3O/c1-13-5-4-6-14(11-13)21-18(22)10-9-15-12-19-16-7-2-3-8-17(16)20-15/h2-12H,1H3,(H,21,22). The lowest BCUT2D eigenvalue weighted by atomic mass is 10.2. The summed E-state index contributed by atoms with van der Waals surface area (Å²) in [7, 11) is 0. The molecule has 0 spiro atoms. The van der Waals surface area contributed by atoms with Crippen LogP contribution in [0.2, 0.25) is 0 Å². The Morgan fingerprint density at radius 3 is 2.73 bits per heavy atom. The van der Waals surface area contributed by atoms with Crippen molar-refractivity contribution in [2.45, 2.75) is 6.92 Å². The summed E-state index contributed by atoms with van der Waals surface area (Å²) in [4.78, 5) is 20.7. The lowest BCUT2D eigenvalue weighted by Gasteiger charge is -2.02. The van der Waals surface area contributed by atoms with Gasteiger partial charge < -0.3 is 5.32 Å². The molecule has 0 fully saturated rings. The van der Waals surface area contributed by atoms with Crippen molar-refractivity contribution in [3.05, 3.63) is 72.1 Å². The number of aryl methyl sites for hydroxylation is 1. The second-order valence-electron chi connectivity index (χ2n) is 4.98. The molecule has 0 unspecified atom stereocenters. The molecule has 0 radical (unpaired) electrons. The average molecular weight is 289 g/mol. The van der Waals surface area contributed by atoms with Crippen LogP contribution in [-0.2, 0) is 4.79 Å². The van der Waals surface area contributed by atoms with E-state index >= 15 is 0 Å². The zero-order valence-electron chi connectivity index (χ0n) is 12.2. The van der Waals surface area contributed by atoms with Crippen molar-refractivity contribution in [1.29, 1.82) is 0 Å². The summed E-state index contributed by atoms with van der Waals surface area (Å²) in [5.41, 5.74) is 4.17. The SMILES string of the molecule is Cc1cccc(NC(=O)C=Cc2cnc3ccccc3n2)c1. The fourth-order valence-corrected chi connectivity index (χ4v) is 2.12. The van der Waals surface area contributed by atoms with Crippen LogP contribution in [0.1, 0.15) is 11.3 Å². The van der Waals surface area contributed by atoms with Crippen LogP contribution in [0, 0.1) is 6.92 Å². The van der Waals surface area contributed by atoms with E-state index in [0.29, 0.717) is 5.69 Å². The summed E-state index contributed by atoms with van der Waals surface area (Å²) in [5.74, 6) is -0.194. The second-order valence-corrected chi connectivity index (χ2v) is 4.98. The Labute approximate surface area is 128 Å². The molecule has 1 aromatic heterocycles. The van der Waals surface area contributed by atoms with E-state index in [1.165, 1.54) is 6.08 Å². The van der Waals surface area contributed by atoms with Crippen LogP contribution >= 0.6 is 0 Å². The minimum Gasteiger partial charge on any atom is -0.323 e. The number of amides is 1. The summed E-state index contributed by atoms with van der Waals surface area (Å²) in [6.07, 6.45) is 4.77. The lowest BCUT2D eigenvalue weighted by molar-refractivity contribution is -0.111. The minimum atomic E-state index is -0.194. The molecular weight excluding hydrogens is 274 g/mol. The molecule has 2 aromatic carbocycles. The van der Waals surface area contributed by atoms with Gasteiger partial charge in [-0.3, -0.25) is 9.78 Å². The fourth-order valence-electron chi connectivity index (χ4n) is 2.12. The number of hydrogen-bond donors (Lipinski definition) is 1. The molecule has 3 aromatic rings. The van der Waals surface area contributed by atoms with Crippen LogP contribution in [0.3, 0.4) is 0 Å². The topological polar surface area (TPSA) is 54.9 Å². The van der Waals surface area contributed by atoms with E-state index in [2.05, 4.69) is 15.3 Å². The van der Waals surface area contributed by atoms with Gasteiger partial charge in [0, 0.05) is 11.8 Å². The third kappa shape index (κ3) is 3.35. The number of carbonyl (C=O) groups excluding carboxylic acids is 1. The Hall–Kier alpha value is -3.01. The Morgan fingerprint density at radius 2 is 1.91 bits per heavy atom. The normalized spacial score (nSPS) is 11.0. The van der Waals surface area contributed by atoms with Gasteiger partial charge in [-0.1, -0.05) is 24.3 Å². The zero-order valence-corrected chi connectivity index (χ0v) is 12.2. The largest absolute Gasteiger partial charge is 0.323 e. The van der Waals surface area contributed by atoms with Crippen molar-refractivity contribution in [2.75, 3.05) is 5.32 Å². The van der Waals surface area contributed by atoms with Gasteiger partial charge in [-0.2, -0.15) is 0 Å². The number of anilines is 1. The number of hydrogen-bond acceptors (Lipinski definition) is 3. The summed E-state index contributed by atoms with van der Waals surface area (Å²) in [6, 6.07) is 15.3. The highest BCUT2D eigenvalue weighted by Gasteiger charge is 1.99. The molecular formula is C18H15N3O. The fraction of sp³-hybridized carbons (Fsp3) is 0.0556. The van der Waals surface area contributed by atoms with Crippen LogP contribution in [0.4, 0.5) is 5.69 Å². The number of aromatic nitrogens is 2. The number of nitrogens with one attached hydrogen (secondary N) is 1. The molecule has 0 aliphatic carbocycles. The first-order valence-electron chi connectivity index (χ1n) is 6.98. The van der Waals surface area contributed by atoms with E-state index in [-0.39, 0.29) is 5.91 Å².